The maximum Gasteiger partial charge on any atom is 0.307 e. The zero-order valence-electron chi connectivity index (χ0n) is 11.5. The Hall–Kier alpha value is -1.56. The lowest BCUT2D eigenvalue weighted by molar-refractivity contribution is -0.144. The van der Waals surface area contributed by atoms with Crippen LogP contribution in [0.3, 0.4) is 0 Å². The van der Waals surface area contributed by atoms with Gasteiger partial charge in [-0.2, -0.15) is 0 Å². The lowest BCUT2D eigenvalue weighted by atomic mass is 10.0. The summed E-state index contributed by atoms with van der Waals surface area (Å²) in [5.41, 5.74) is 0. The van der Waals surface area contributed by atoms with E-state index in [1.54, 1.807) is 23.9 Å². The summed E-state index contributed by atoms with van der Waals surface area (Å²) in [4.78, 5) is 22.9. The first kappa shape index (κ1) is 15.8. The van der Waals surface area contributed by atoms with E-state index < -0.39 is 23.8 Å². The highest BCUT2D eigenvalue weighted by molar-refractivity contribution is 7.99. The summed E-state index contributed by atoms with van der Waals surface area (Å²) >= 11 is 1.56. The number of thioether (sulfide) groups is 1. The average Bonchev–Trinajstić information content (AvgIpc) is 3.12. The molecule has 4 nitrogen and oxygen atoms in total. The van der Waals surface area contributed by atoms with Gasteiger partial charge in [-0.1, -0.05) is 6.92 Å². The molecule has 0 radical (unpaired) electrons. The quantitative estimate of drug-likeness (QED) is 0.757. The molecule has 3 atom stereocenters. The molecule has 2 rings (SSSR count). The fourth-order valence-corrected chi connectivity index (χ4v) is 3.58. The second-order valence-electron chi connectivity index (χ2n) is 5.50. The normalized spacial score (nSPS) is 25.3. The van der Waals surface area contributed by atoms with Crippen molar-refractivity contribution < 1.29 is 24.2 Å². The Morgan fingerprint density at radius 3 is 2.19 bits per heavy atom. The van der Waals surface area contributed by atoms with E-state index in [9.17, 15) is 14.0 Å². The van der Waals surface area contributed by atoms with Crippen molar-refractivity contribution in [1.29, 1.82) is 0 Å². The number of aliphatic carboxylic acids is 2. The van der Waals surface area contributed by atoms with E-state index >= 15 is 0 Å². The molecular formula is C15H17FO4S. The van der Waals surface area contributed by atoms with Crippen LogP contribution in [0.1, 0.15) is 13.3 Å². The fourth-order valence-electron chi connectivity index (χ4n) is 2.64. The summed E-state index contributed by atoms with van der Waals surface area (Å²) in [6.07, 6.45) is 0.585. The molecule has 6 heteroatoms. The van der Waals surface area contributed by atoms with Gasteiger partial charge in [0, 0.05) is 10.6 Å². The minimum atomic E-state index is -1.02. The second-order valence-corrected chi connectivity index (χ2v) is 6.59. The second kappa shape index (κ2) is 6.47. The lowest BCUT2D eigenvalue weighted by Crippen LogP contribution is -2.05. The molecule has 0 aromatic heterocycles. The van der Waals surface area contributed by atoms with Crippen molar-refractivity contribution in [2.75, 3.05) is 5.75 Å². The third-order valence-corrected chi connectivity index (χ3v) is 5.10. The number of hydrogen-bond donors (Lipinski definition) is 2. The van der Waals surface area contributed by atoms with Crippen LogP contribution in [0.25, 0.3) is 0 Å². The van der Waals surface area contributed by atoms with Crippen LogP contribution in [0, 0.1) is 29.5 Å². The van der Waals surface area contributed by atoms with Gasteiger partial charge < -0.3 is 10.2 Å². The SMILES string of the molecule is CC(CSc1ccc(F)cc1)CC1C(C(=O)O)C1C(=O)O. The van der Waals surface area contributed by atoms with Crippen molar-refractivity contribution in [3.63, 3.8) is 0 Å². The number of carboxylic acids is 2. The third kappa shape index (κ3) is 3.97. The first-order chi connectivity index (χ1) is 9.90. The van der Waals surface area contributed by atoms with Crippen LogP contribution in [0.5, 0.6) is 0 Å². The van der Waals surface area contributed by atoms with Gasteiger partial charge in [-0.05, 0) is 42.5 Å². The van der Waals surface area contributed by atoms with Crippen molar-refractivity contribution in [2.24, 2.45) is 23.7 Å². The molecule has 2 N–H and O–H groups in total. The zero-order valence-corrected chi connectivity index (χ0v) is 12.3. The summed E-state index contributed by atoms with van der Waals surface area (Å²) in [5.74, 6) is -3.14. The van der Waals surface area contributed by atoms with Gasteiger partial charge in [0.15, 0.2) is 0 Å². The zero-order chi connectivity index (χ0) is 15.6. The van der Waals surface area contributed by atoms with E-state index in [0.29, 0.717) is 6.42 Å². The molecule has 0 aliphatic heterocycles. The van der Waals surface area contributed by atoms with Crippen LogP contribution in [0.2, 0.25) is 0 Å². The highest BCUT2D eigenvalue weighted by Gasteiger charge is 2.59. The van der Waals surface area contributed by atoms with Crippen molar-refractivity contribution in [3.8, 4) is 0 Å². The van der Waals surface area contributed by atoms with Crippen molar-refractivity contribution in [1.82, 2.24) is 0 Å². The Morgan fingerprint density at radius 1 is 1.19 bits per heavy atom. The van der Waals surface area contributed by atoms with Crippen LogP contribution >= 0.6 is 11.8 Å². The Kier molecular flexibility index (Phi) is 4.88. The van der Waals surface area contributed by atoms with Gasteiger partial charge in [0.05, 0.1) is 11.8 Å². The van der Waals surface area contributed by atoms with Gasteiger partial charge in [-0.15, -0.1) is 11.8 Å². The van der Waals surface area contributed by atoms with Gasteiger partial charge in [0.1, 0.15) is 5.82 Å². The topological polar surface area (TPSA) is 74.6 Å². The average molecular weight is 312 g/mol. The van der Waals surface area contributed by atoms with E-state index in [1.165, 1.54) is 12.1 Å². The molecule has 1 fully saturated rings. The summed E-state index contributed by atoms with van der Waals surface area (Å²) in [5, 5.41) is 18.0. The molecule has 1 aromatic carbocycles. The Morgan fingerprint density at radius 2 is 1.71 bits per heavy atom. The minimum absolute atomic E-state index is 0.205. The van der Waals surface area contributed by atoms with Gasteiger partial charge in [-0.25, -0.2) is 4.39 Å². The molecule has 114 valence electrons. The van der Waals surface area contributed by atoms with Gasteiger partial charge in [0.25, 0.3) is 0 Å². The number of rotatable bonds is 7. The molecule has 0 amide bonds. The van der Waals surface area contributed by atoms with Crippen LogP contribution in [-0.4, -0.2) is 27.9 Å². The van der Waals surface area contributed by atoms with E-state index in [2.05, 4.69) is 0 Å². The van der Waals surface area contributed by atoms with Crippen LogP contribution in [0.15, 0.2) is 29.2 Å². The van der Waals surface area contributed by atoms with Gasteiger partial charge in [-0.3, -0.25) is 9.59 Å². The summed E-state index contributed by atoms with van der Waals surface area (Å²) < 4.78 is 12.8. The molecule has 0 spiro atoms. The number of hydrogen-bond acceptors (Lipinski definition) is 3. The summed E-state index contributed by atoms with van der Waals surface area (Å²) in [7, 11) is 0. The predicted octanol–water partition coefficient (Wildman–Crippen LogP) is 2.98. The standard InChI is InChI=1S/C15H17FO4S/c1-8(7-21-10-4-2-9(16)3-5-10)6-11-12(14(17)18)13(11)15(19)20/h2-5,8,11-13H,6-7H2,1H3,(H,17,18)(H,19,20). The van der Waals surface area contributed by atoms with Crippen LogP contribution in [-0.2, 0) is 9.59 Å². The summed E-state index contributed by atoms with van der Waals surface area (Å²) in [6, 6.07) is 6.19. The van der Waals surface area contributed by atoms with Gasteiger partial charge >= 0.3 is 11.9 Å². The van der Waals surface area contributed by atoms with Crippen molar-refractivity contribution in [3.05, 3.63) is 30.1 Å². The molecule has 1 saturated carbocycles. The number of benzene rings is 1. The largest absolute Gasteiger partial charge is 0.481 e. The Balaban J connectivity index is 1.82. The number of halogens is 1. The monoisotopic (exact) mass is 312 g/mol. The third-order valence-electron chi connectivity index (χ3n) is 3.76. The van der Waals surface area contributed by atoms with E-state index in [4.69, 9.17) is 10.2 Å². The van der Waals surface area contributed by atoms with Crippen LogP contribution in [0.4, 0.5) is 4.39 Å². The molecule has 0 heterocycles. The highest BCUT2D eigenvalue weighted by atomic mass is 32.2. The summed E-state index contributed by atoms with van der Waals surface area (Å²) in [6.45, 7) is 1.98. The van der Waals surface area contributed by atoms with E-state index in [0.717, 1.165) is 10.6 Å². The molecule has 0 saturated heterocycles. The molecule has 3 unspecified atom stereocenters. The fraction of sp³-hybridized carbons (Fsp3) is 0.467. The number of carbonyl (C=O) groups is 2. The van der Waals surface area contributed by atoms with Crippen LogP contribution < -0.4 is 0 Å². The lowest BCUT2D eigenvalue weighted by Gasteiger charge is -2.10. The Bertz CT molecular complexity index is 511. The first-order valence-electron chi connectivity index (χ1n) is 6.74. The van der Waals surface area contributed by atoms with E-state index in [-0.39, 0.29) is 17.7 Å². The maximum absolute atomic E-state index is 12.8. The molecule has 1 aliphatic rings. The molecular weight excluding hydrogens is 295 g/mol. The molecule has 0 bridgehead atoms. The predicted molar refractivity (Wildman–Crippen MR) is 76.6 cm³/mol. The maximum atomic E-state index is 12.8. The van der Waals surface area contributed by atoms with Gasteiger partial charge in [0.2, 0.25) is 0 Å². The minimum Gasteiger partial charge on any atom is -0.481 e. The highest BCUT2D eigenvalue weighted by Crippen LogP contribution is 2.50. The van der Waals surface area contributed by atoms with Crippen molar-refractivity contribution in [2.45, 2.75) is 18.2 Å². The number of carboxylic acid groups (broad SMARTS) is 2. The molecule has 1 aliphatic carbocycles. The van der Waals surface area contributed by atoms with E-state index in [1.807, 2.05) is 6.92 Å². The van der Waals surface area contributed by atoms with Crippen molar-refractivity contribution >= 4 is 23.7 Å². The molecule has 21 heavy (non-hydrogen) atoms. The molecule has 1 aromatic rings. The first-order valence-corrected chi connectivity index (χ1v) is 7.72. The Labute approximate surface area is 126 Å². The smallest absolute Gasteiger partial charge is 0.307 e.